The lowest BCUT2D eigenvalue weighted by Crippen LogP contribution is -2.31. The normalized spacial score (nSPS) is 9.90. The lowest BCUT2D eigenvalue weighted by Gasteiger charge is -2.10. The first-order valence-electron chi connectivity index (χ1n) is 6.45. The monoisotopic (exact) mass is 270 g/mol. The molecule has 4 nitrogen and oxygen atoms in total. The molecule has 0 fully saturated rings. The average Bonchev–Trinajstić information content (AvgIpc) is 2.44. The summed E-state index contributed by atoms with van der Waals surface area (Å²) in [5, 5.41) is 5.36. The standard InChI is InChI=1S/C16H18N2O2/c1-12-8-9-15(10-13(12)2)20-11-17-16(19)18-14-6-4-3-5-7-14/h3-10H,11H2,1-2H3,(H2,17,18,19). The van der Waals surface area contributed by atoms with Crippen molar-refractivity contribution in [1.82, 2.24) is 5.32 Å². The SMILES string of the molecule is Cc1ccc(OCNC(=O)Nc2ccccc2)cc1C. The molecule has 2 amide bonds. The number of benzene rings is 2. The number of rotatable bonds is 4. The number of hydrogen-bond donors (Lipinski definition) is 2. The number of urea groups is 1. The molecular formula is C16H18N2O2. The highest BCUT2D eigenvalue weighted by molar-refractivity contribution is 5.89. The summed E-state index contributed by atoms with van der Waals surface area (Å²) >= 11 is 0. The van der Waals surface area contributed by atoms with E-state index in [1.165, 1.54) is 5.56 Å². The molecule has 2 aromatic carbocycles. The number of hydrogen-bond acceptors (Lipinski definition) is 2. The minimum atomic E-state index is -0.292. The van der Waals surface area contributed by atoms with Crippen molar-refractivity contribution in [2.24, 2.45) is 0 Å². The van der Waals surface area contributed by atoms with E-state index < -0.39 is 0 Å². The zero-order chi connectivity index (χ0) is 14.4. The van der Waals surface area contributed by atoms with E-state index in [0.717, 1.165) is 17.0 Å². The number of carbonyl (C=O) groups is 1. The van der Waals surface area contributed by atoms with E-state index >= 15 is 0 Å². The molecule has 0 saturated heterocycles. The fourth-order valence-electron chi connectivity index (χ4n) is 1.69. The quantitative estimate of drug-likeness (QED) is 0.836. The van der Waals surface area contributed by atoms with E-state index in [1.54, 1.807) is 0 Å². The summed E-state index contributed by atoms with van der Waals surface area (Å²) in [7, 11) is 0. The van der Waals surface area contributed by atoms with Gasteiger partial charge in [-0.05, 0) is 49.2 Å². The maximum absolute atomic E-state index is 11.6. The van der Waals surface area contributed by atoms with Gasteiger partial charge in [-0.3, -0.25) is 0 Å². The summed E-state index contributed by atoms with van der Waals surface area (Å²) < 4.78 is 5.48. The lowest BCUT2D eigenvalue weighted by molar-refractivity contribution is 0.234. The highest BCUT2D eigenvalue weighted by Crippen LogP contribution is 2.15. The number of nitrogens with one attached hydrogen (secondary N) is 2. The summed E-state index contributed by atoms with van der Waals surface area (Å²) in [6.45, 7) is 4.20. The molecular weight excluding hydrogens is 252 g/mol. The molecule has 4 heteroatoms. The maximum atomic E-state index is 11.6. The first-order chi connectivity index (χ1) is 9.65. The Balaban J connectivity index is 1.78. The molecule has 0 bridgehead atoms. The van der Waals surface area contributed by atoms with Crippen LogP contribution in [0.2, 0.25) is 0 Å². The molecule has 0 radical (unpaired) electrons. The zero-order valence-electron chi connectivity index (χ0n) is 11.6. The highest BCUT2D eigenvalue weighted by atomic mass is 16.5. The summed E-state index contributed by atoms with van der Waals surface area (Å²) in [5.74, 6) is 0.744. The van der Waals surface area contributed by atoms with Crippen LogP contribution in [-0.4, -0.2) is 12.8 Å². The van der Waals surface area contributed by atoms with Gasteiger partial charge in [0, 0.05) is 5.69 Å². The zero-order valence-corrected chi connectivity index (χ0v) is 11.6. The van der Waals surface area contributed by atoms with Crippen molar-refractivity contribution in [1.29, 1.82) is 0 Å². The number of carbonyl (C=O) groups excluding carboxylic acids is 1. The molecule has 2 rings (SSSR count). The van der Waals surface area contributed by atoms with Crippen LogP contribution in [0.1, 0.15) is 11.1 Å². The van der Waals surface area contributed by atoms with Crippen molar-refractivity contribution >= 4 is 11.7 Å². The van der Waals surface area contributed by atoms with E-state index in [0.29, 0.717) is 0 Å². The fourth-order valence-corrected chi connectivity index (χ4v) is 1.69. The van der Waals surface area contributed by atoms with Gasteiger partial charge in [-0.2, -0.15) is 0 Å². The Morgan fingerprint density at radius 2 is 1.80 bits per heavy atom. The summed E-state index contributed by atoms with van der Waals surface area (Å²) in [5.41, 5.74) is 3.12. The molecule has 0 atom stereocenters. The van der Waals surface area contributed by atoms with Crippen LogP contribution < -0.4 is 15.4 Å². The first kappa shape index (κ1) is 13.9. The molecule has 0 spiro atoms. The van der Waals surface area contributed by atoms with E-state index in [2.05, 4.69) is 10.6 Å². The smallest absolute Gasteiger partial charge is 0.321 e. The Bertz CT molecular complexity index is 582. The van der Waals surface area contributed by atoms with Gasteiger partial charge in [0.1, 0.15) is 5.75 Å². The third kappa shape index (κ3) is 4.02. The minimum absolute atomic E-state index is 0.126. The molecule has 0 aliphatic carbocycles. The summed E-state index contributed by atoms with van der Waals surface area (Å²) in [6.07, 6.45) is 0. The molecule has 0 unspecified atom stereocenters. The second-order valence-electron chi connectivity index (χ2n) is 4.53. The minimum Gasteiger partial charge on any atom is -0.473 e. The largest absolute Gasteiger partial charge is 0.473 e. The number of amides is 2. The van der Waals surface area contributed by atoms with Gasteiger partial charge in [-0.1, -0.05) is 24.3 Å². The highest BCUT2D eigenvalue weighted by Gasteiger charge is 2.01. The second kappa shape index (κ2) is 6.61. The third-order valence-electron chi connectivity index (χ3n) is 2.98. The second-order valence-corrected chi connectivity index (χ2v) is 4.53. The predicted molar refractivity (Wildman–Crippen MR) is 80.0 cm³/mol. The molecule has 0 aliphatic heterocycles. The Morgan fingerprint density at radius 1 is 1.05 bits per heavy atom. The molecule has 0 aromatic heterocycles. The Morgan fingerprint density at radius 3 is 2.50 bits per heavy atom. The number of anilines is 1. The van der Waals surface area contributed by atoms with Crippen LogP contribution in [-0.2, 0) is 0 Å². The Hall–Kier alpha value is -2.49. The van der Waals surface area contributed by atoms with Crippen molar-refractivity contribution < 1.29 is 9.53 Å². The molecule has 20 heavy (non-hydrogen) atoms. The van der Waals surface area contributed by atoms with E-state index in [-0.39, 0.29) is 12.8 Å². The van der Waals surface area contributed by atoms with Crippen LogP contribution in [0.5, 0.6) is 5.75 Å². The van der Waals surface area contributed by atoms with Gasteiger partial charge in [-0.15, -0.1) is 0 Å². The lowest BCUT2D eigenvalue weighted by atomic mass is 10.1. The molecule has 104 valence electrons. The molecule has 2 N–H and O–H groups in total. The van der Waals surface area contributed by atoms with E-state index in [4.69, 9.17) is 4.74 Å². The number of ether oxygens (including phenoxy) is 1. The van der Waals surface area contributed by atoms with Crippen molar-refractivity contribution in [2.45, 2.75) is 13.8 Å². The van der Waals surface area contributed by atoms with E-state index in [9.17, 15) is 4.79 Å². The number of para-hydroxylation sites is 1. The van der Waals surface area contributed by atoms with E-state index in [1.807, 2.05) is 62.4 Å². The molecule has 0 aliphatic rings. The molecule has 2 aromatic rings. The molecule has 0 heterocycles. The van der Waals surface area contributed by atoms with Crippen molar-refractivity contribution in [3.05, 3.63) is 59.7 Å². The van der Waals surface area contributed by atoms with Gasteiger partial charge >= 0.3 is 6.03 Å². The molecule has 0 saturated carbocycles. The van der Waals surface area contributed by atoms with Gasteiger partial charge in [-0.25, -0.2) is 4.79 Å². The Kier molecular flexibility index (Phi) is 4.60. The van der Waals surface area contributed by atoms with Crippen LogP contribution >= 0.6 is 0 Å². The van der Waals surface area contributed by atoms with Crippen LogP contribution in [0.4, 0.5) is 10.5 Å². The first-order valence-corrected chi connectivity index (χ1v) is 6.45. The third-order valence-corrected chi connectivity index (χ3v) is 2.98. The van der Waals surface area contributed by atoms with Gasteiger partial charge in [0.25, 0.3) is 0 Å². The fraction of sp³-hybridized carbons (Fsp3) is 0.188. The maximum Gasteiger partial charge on any atom is 0.321 e. The van der Waals surface area contributed by atoms with Crippen molar-refractivity contribution in [2.75, 3.05) is 12.0 Å². The van der Waals surface area contributed by atoms with Gasteiger partial charge < -0.3 is 15.4 Å². The van der Waals surface area contributed by atoms with Gasteiger partial charge in [0.05, 0.1) is 0 Å². The number of aryl methyl sites for hydroxylation is 2. The van der Waals surface area contributed by atoms with Crippen LogP contribution in [0, 0.1) is 13.8 Å². The predicted octanol–water partition coefficient (Wildman–Crippen LogP) is 3.46. The summed E-state index contributed by atoms with van der Waals surface area (Å²) in [6, 6.07) is 14.8. The Labute approximate surface area is 118 Å². The topological polar surface area (TPSA) is 50.4 Å². The van der Waals surface area contributed by atoms with Crippen molar-refractivity contribution in [3.63, 3.8) is 0 Å². The van der Waals surface area contributed by atoms with Crippen LogP contribution in [0.3, 0.4) is 0 Å². The van der Waals surface area contributed by atoms with Gasteiger partial charge in [0.15, 0.2) is 6.73 Å². The van der Waals surface area contributed by atoms with Crippen molar-refractivity contribution in [3.8, 4) is 5.75 Å². The summed E-state index contributed by atoms with van der Waals surface area (Å²) in [4.78, 5) is 11.6. The van der Waals surface area contributed by atoms with Crippen LogP contribution in [0.15, 0.2) is 48.5 Å². The average molecular weight is 270 g/mol. The van der Waals surface area contributed by atoms with Crippen LogP contribution in [0.25, 0.3) is 0 Å². The van der Waals surface area contributed by atoms with Gasteiger partial charge in [0.2, 0.25) is 0 Å².